The summed E-state index contributed by atoms with van der Waals surface area (Å²) in [5.41, 5.74) is 5.31. The van der Waals surface area contributed by atoms with Crippen molar-refractivity contribution in [1.29, 1.82) is 0 Å². The first kappa shape index (κ1) is 42.8. The van der Waals surface area contributed by atoms with E-state index < -0.39 is 26.5 Å². The highest BCUT2D eigenvalue weighted by molar-refractivity contribution is 7.47. The largest absolute Gasteiger partial charge is 0.472 e. The fourth-order valence-electron chi connectivity index (χ4n) is 4.74. The minimum absolute atomic E-state index is 0.0542. The Morgan fingerprint density at radius 3 is 1.61 bits per heavy atom. The van der Waals surface area contributed by atoms with Crippen molar-refractivity contribution in [2.75, 3.05) is 26.4 Å². The summed E-state index contributed by atoms with van der Waals surface area (Å²) in [4.78, 5) is 34.5. The van der Waals surface area contributed by atoms with Crippen LogP contribution in [0.25, 0.3) is 0 Å². The van der Waals surface area contributed by atoms with E-state index in [4.69, 9.17) is 24.3 Å². The van der Waals surface area contributed by atoms with Gasteiger partial charge in [0.15, 0.2) is 6.10 Å². The summed E-state index contributed by atoms with van der Waals surface area (Å²) in [6.45, 7) is 3.67. The predicted molar refractivity (Wildman–Crippen MR) is 178 cm³/mol. The fraction of sp³-hybridized carbons (Fsp3) is 0.882. The molecule has 0 aromatic heterocycles. The Bertz CT molecular complexity index is 749. The zero-order valence-corrected chi connectivity index (χ0v) is 29.0. The van der Waals surface area contributed by atoms with Crippen molar-refractivity contribution in [2.24, 2.45) is 5.73 Å². The van der Waals surface area contributed by atoms with Gasteiger partial charge in [0.05, 0.1) is 13.2 Å². The van der Waals surface area contributed by atoms with Gasteiger partial charge in [-0.25, -0.2) is 4.57 Å². The quantitative estimate of drug-likeness (QED) is 0.0309. The summed E-state index contributed by atoms with van der Waals surface area (Å²) >= 11 is 0. The third-order valence-electron chi connectivity index (χ3n) is 7.40. The van der Waals surface area contributed by atoms with Gasteiger partial charge in [0.2, 0.25) is 0 Å². The molecule has 0 aliphatic carbocycles. The minimum Gasteiger partial charge on any atom is -0.462 e. The first-order valence-electron chi connectivity index (χ1n) is 17.7. The van der Waals surface area contributed by atoms with Gasteiger partial charge in [0.25, 0.3) is 0 Å². The van der Waals surface area contributed by atoms with Crippen LogP contribution in [-0.4, -0.2) is 49.3 Å². The Kier molecular flexibility index (Phi) is 30.8. The maximum Gasteiger partial charge on any atom is 0.472 e. The Morgan fingerprint density at radius 2 is 1.11 bits per heavy atom. The number of phosphoric acid groups is 1. The number of ether oxygens (including phenoxy) is 2. The van der Waals surface area contributed by atoms with E-state index in [-0.39, 0.29) is 38.6 Å². The van der Waals surface area contributed by atoms with E-state index in [0.29, 0.717) is 6.42 Å². The number of carbonyl (C=O) groups excluding carboxylic acids is 2. The van der Waals surface area contributed by atoms with Gasteiger partial charge < -0.3 is 20.1 Å². The van der Waals surface area contributed by atoms with Crippen LogP contribution in [0.1, 0.15) is 162 Å². The van der Waals surface area contributed by atoms with Gasteiger partial charge in [-0.3, -0.25) is 18.6 Å². The SMILES string of the molecule is CCCCCCCC/C=C\CCCCCCCC(=O)OC(COC(=O)CCCCCCCCCC)COP(=O)(O)OCCN. The van der Waals surface area contributed by atoms with Crippen LogP contribution in [-0.2, 0) is 32.7 Å². The molecule has 0 spiro atoms. The predicted octanol–water partition coefficient (Wildman–Crippen LogP) is 9.10. The van der Waals surface area contributed by atoms with E-state index in [0.717, 1.165) is 51.4 Å². The first-order chi connectivity index (χ1) is 21.3. The standard InChI is InChI=1S/C34H66NO8P/c1-3-5-7-9-11-13-14-15-16-17-18-19-21-23-25-27-34(37)43-32(31-42-44(38,39)41-29-28-35)30-40-33(36)26-24-22-20-12-10-8-6-4-2/h15-16,32H,3-14,17-31,35H2,1-2H3,(H,38,39)/b16-15-. The van der Waals surface area contributed by atoms with Crippen LogP contribution in [0.4, 0.5) is 0 Å². The summed E-state index contributed by atoms with van der Waals surface area (Å²) in [6, 6.07) is 0. The third kappa shape index (κ3) is 30.8. The molecule has 0 amide bonds. The van der Waals surface area contributed by atoms with Gasteiger partial charge in [-0.1, -0.05) is 122 Å². The van der Waals surface area contributed by atoms with Crippen molar-refractivity contribution in [3.8, 4) is 0 Å². The van der Waals surface area contributed by atoms with Gasteiger partial charge in [-0.15, -0.1) is 0 Å². The molecule has 2 unspecified atom stereocenters. The monoisotopic (exact) mass is 647 g/mol. The highest BCUT2D eigenvalue weighted by atomic mass is 31.2. The zero-order chi connectivity index (χ0) is 32.6. The number of phosphoric ester groups is 1. The van der Waals surface area contributed by atoms with Crippen LogP contribution in [0, 0.1) is 0 Å². The average Bonchev–Trinajstić information content (AvgIpc) is 3.00. The molecule has 0 aliphatic rings. The number of carbonyl (C=O) groups is 2. The lowest BCUT2D eigenvalue weighted by Crippen LogP contribution is -2.29. The highest BCUT2D eigenvalue weighted by Gasteiger charge is 2.25. The van der Waals surface area contributed by atoms with Crippen LogP contribution in [0.5, 0.6) is 0 Å². The first-order valence-corrected chi connectivity index (χ1v) is 19.2. The molecule has 10 heteroatoms. The van der Waals surface area contributed by atoms with Gasteiger partial charge in [-0.05, 0) is 38.5 Å². The van der Waals surface area contributed by atoms with Crippen LogP contribution in [0.2, 0.25) is 0 Å². The third-order valence-corrected chi connectivity index (χ3v) is 8.39. The van der Waals surface area contributed by atoms with Crippen molar-refractivity contribution in [2.45, 2.75) is 168 Å². The molecule has 0 heterocycles. The smallest absolute Gasteiger partial charge is 0.462 e. The van der Waals surface area contributed by atoms with E-state index >= 15 is 0 Å². The minimum atomic E-state index is -4.36. The molecule has 44 heavy (non-hydrogen) atoms. The van der Waals surface area contributed by atoms with E-state index in [1.807, 2.05) is 0 Å². The zero-order valence-electron chi connectivity index (χ0n) is 28.2. The maximum absolute atomic E-state index is 12.5. The van der Waals surface area contributed by atoms with Gasteiger partial charge in [0.1, 0.15) is 6.61 Å². The molecule has 0 bridgehead atoms. The van der Waals surface area contributed by atoms with Gasteiger partial charge >= 0.3 is 19.8 Å². The second kappa shape index (κ2) is 31.7. The fourth-order valence-corrected chi connectivity index (χ4v) is 5.51. The van der Waals surface area contributed by atoms with Crippen LogP contribution in [0.15, 0.2) is 12.2 Å². The van der Waals surface area contributed by atoms with Crippen molar-refractivity contribution in [3.05, 3.63) is 12.2 Å². The summed E-state index contributed by atoms with van der Waals surface area (Å²) in [6.07, 6.45) is 28.2. The maximum atomic E-state index is 12.5. The number of unbranched alkanes of at least 4 members (excludes halogenated alkanes) is 18. The molecule has 0 aliphatic heterocycles. The molecule has 0 fully saturated rings. The molecule has 9 nitrogen and oxygen atoms in total. The molecular weight excluding hydrogens is 581 g/mol. The Balaban J connectivity index is 4.24. The second-order valence-electron chi connectivity index (χ2n) is 11.7. The molecule has 0 saturated carbocycles. The molecule has 0 saturated heterocycles. The number of hydrogen-bond acceptors (Lipinski definition) is 8. The Morgan fingerprint density at radius 1 is 0.659 bits per heavy atom. The molecule has 0 rings (SSSR count). The van der Waals surface area contributed by atoms with E-state index in [9.17, 15) is 19.0 Å². The molecule has 0 aromatic rings. The Hall–Kier alpha value is -1.25. The lowest BCUT2D eigenvalue weighted by molar-refractivity contribution is -0.161. The normalized spacial score (nSPS) is 13.6. The van der Waals surface area contributed by atoms with Crippen LogP contribution >= 0.6 is 7.82 Å². The van der Waals surface area contributed by atoms with E-state index in [2.05, 4.69) is 26.0 Å². The molecule has 0 aromatic carbocycles. The van der Waals surface area contributed by atoms with Crippen LogP contribution in [0.3, 0.4) is 0 Å². The topological polar surface area (TPSA) is 134 Å². The number of esters is 2. The summed E-state index contributed by atoms with van der Waals surface area (Å²) in [5, 5.41) is 0. The average molecular weight is 648 g/mol. The second-order valence-corrected chi connectivity index (χ2v) is 13.2. The van der Waals surface area contributed by atoms with E-state index in [1.54, 1.807) is 0 Å². The Labute approximate surface area is 269 Å². The molecule has 3 N–H and O–H groups in total. The number of rotatable bonds is 33. The summed E-state index contributed by atoms with van der Waals surface area (Å²) in [7, 11) is -4.36. The van der Waals surface area contributed by atoms with Crippen molar-refractivity contribution < 1.29 is 37.6 Å². The van der Waals surface area contributed by atoms with Crippen molar-refractivity contribution >= 4 is 19.8 Å². The van der Waals surface area contributed by atoms with Crippen LogP contribution < -0.4 is 5.73 Å². The van der Waals surface area contributed by atoms with Gasteiger partial charge in [0, 0.05) is 19.4 Å². The molecular formula is C34H66NO8P. The van der Waals surface area contributed by atoms with Crippen molar-refractivity contribution in [1.82, 2.24) is 0 Å². The highest BCUT2D eigenvalue weighted by Crippen LogP contribution is 2.43. The number of nitrogens with two attached hydrogens (primary N) is 1. The van der Waals surface area contributed by atoms with Crippen molar-refractivity contribution in [3.63, 3.8) is 0 Å². The molecule has 260 valence electrons. The summed E-state index contributed by atoms with van der Waals surface area (Å²) in [5.74, 6) is -0.841. The number of allylic oxidation sites excluding steroid dienone is 2. The lowest BCUT2D eigenvalue weighted by Gasteiger charge is -2.19. The number of hydrogen-bond donors (Lipinski definition) is 2. The molecule has 0 radical (unpaired) electrons. The van der Waals surface area contributed by atoms with Gasteiger partial charge in [-0.2, -0.15) is 0 Å². The summed E-state index contributed by atoms with van der Waals surface area (Å²) < 4.78 is 32.5. The molecule has 2 atom stereocenters. The lowest BCUT2D eigenvalue weighted by atomic mass is 10.1. The van der Waals surface area contributed by atoms with E-state index in [1.165, 1.54) is 77.0 Å².